The third-order valence-corrected chi connectivity index (χ3v) is 5.47. The highest BCUT2D eigenvalue weighted by Gasteiger charge is 2.36. The van der Waals surface area contributed by atoms with E-state index in [0.29, 0.717) is 19.5 Å². The first-order valence-corrected chi connectivity index (χ1v) is 9.96. The summed E-state index contributed by atoms with van der Waals surface area (Å²) in [7, 11) is 0. The fourth-order valence-corrected chi connectivity index (χ4v) is 3.84. The third kappa shape index (κ3) is 4.55. The SMILES string of the molecule is NC(=O)[C@@H]1[C@@H](O)CCN1Cc1ccc(-n2cc(CCc3ccc(F)cc3)nn2)cc1. The second-order valence-electron chi connectivity index (χ2n) is 7.62. The summed E-state index contributed by atoms with van der Waals surface area (Å²) in [5.41, 5.74) is 9.25. The first kappa shape index (κ1) is 20.2. The summed E-state index contributed by atoms with van der Waals surface area (Å²) < 4.78 is 14.7. The number of nitrogens with two attached hydrogens (primary N) is 1. The van der Waals surface area contributed by atoms with E-state index in [0.717, 1.165) is 35.3 Å². The number of likely N-dealkylation sites (tertiary alicyclic amines) is 1. The molecule has 0 bridgehead atoms. The van der Waals surface area contributed by atoms with E-state index in [1.54, 1.807) is 16.8 Å². The number of rotatable bonds is 7. The van der Waals surface area contributed by atoms with Crippen molar-refractivity contribution in [3.63, 3.8) is 0 Å². The van der Waals surface area contributed by atoms with Crippen LogP contribution in [0.5, 0.6) is 0 Å². The molecule has 1 aliphatic heterocycles. The molecule has 8 heteroatoms. The Morgan fingerprint density at radius 2 is 1.80 bits per heavy atom. The van der Waals surface area contributed by atoms with Crippen molar-refractivity contribution in [3.05, 3.63) is 77.4 Å². The molecule has 7 nitrogen and oxygen atoms in total. The van der Waals surface area contributed by atoms with Gasteiger partial charge in [0.2, 0.25) is 5.91 Å². The maximum Gasteiger partial charge on any atom is 0.237 e. The first-order valence-electron chi connectivity index (χ1n) is 9.96. The molecule has 0 radical (unpaired) electrons. The number of halogens is 1. The number of hydrogen-bond acceptors (Lipinski definition) is 5. The van der Waals surface area contributed by atoms with Crippen LogP contribution in [0.15, 0.2) is 54.7 Å². The molecule has 0 unspecified atom stereocenters. The molecular formula is C22H24FN5O2. The predicted molar refractivity (Wildman–Crippen MR) is 109 cm³/mol. The Balaban J connectivity index is 1.37. The van der Waals surface area contributed by atoms with E-state index in [2.05, 4.69) is 10.3 Å². The van der Waals surface area contributed by atoms with Gasteiger partial charge >= 0.3 is 0 Å². The first-order chi connectivity index (χ1) is 14.5. The van der Waals surface area contributed by atoms with Gasteiger partial charge in [0.15, 0.2) is 0 Å². The van der Waals surface area contributed by atoms with E-state index < -0.39 is 18.1 Å². The molecule has 30 heavy (non-hydrogen) atoms. The number of amides is 1. The lowest BCUT2D eigenvalue weighted by Gasteiger charge is -2.23. The Kier molecular flexibility index (Phi) is 5.87. The zero-order valence-corrected chi connectivity index (χ0v) is 16.5. The number of aromatic nitrogens is 3. The number of carbonyl (C=O) groups is 1. The second kappa shape index (κ2) is 8.73. The van der Waals surface area contributed by atoms with Crippen molar-refractivity contribution in [1.82, 2.24) is 19.9 Å². The van der Waals surface area contributed by atoms with Crippen LogP contribution in [-0.2, 0) is 24.2 Å². The van der Waals surface area contributed by atoms with Gasteiger partial charge in [0.25, 0.3) is 0 Å². The molecule has 3 N–H and O–H groups in total. The molecule has 1 aliphatic rings. The maximum atomic E-state index is 13.0. The summed E-state index contributed by atoms with van der Waals surface area (Å²) in [5, 5.41) is 18.4. The Hall–Kier alpha value is -3.10. The monoisotopic (exact) mass is 409 g/mol. The van der Waals surface area contributed by atoms with Crippen molar-refractivity contribution in [2.45, 2.75) is 38.0 Å². The van der Waals surface area contributed by atoms with Gasteiger partial charge in [0.1, 0.15) is 11.9 Å². The Bertz CT molecular complexity index is 1000. The van der Waals surface area contributed by atoms with Crippen LogP contribution >= 0.6 is 0 Å². The quantitative estimate of drug-likeness (QED) is 0.618. The Morgan fingerprint density at radius 1 is 1.10 bits per heavy atom. The highest BCUT2D eigenvalue weighted by molar-refractivity contribution is 5.81. The number of carbonyl (C=O) groups excluding carboxylic acids is 1. The lowest BCUT2D eigenvalue weighted by atomic mass is 10.1. The summed E-state index contributed by atoms with van der Waals surface area (Å²) in [6.07, 6.45) is 3.21. The molecular weight excluding hydrogens is 385 g/mol. The smallest absolute Gasteiger partial charge is 0.237 e. The average molecular weight is 409 g/mol. The summed E-state index contributed by atoms with van der Waals surface area (Å²) in [6.45, 7) is 1.18. The zero-order chi connectivity index (χ0) is 21.1. The van der Waals surface area contributed by atoms with Crippen molar-refractivity contribution >= 4 is 5.91 Å². The molecule has 2 atom stereocenters. The average Bonchev–Trinajstić information content (AvgIpc) is 3.35. The normalized spacial score (nSPS) is 19.3. The molecule has 4 rings (SSSR count). The van der Waals surface area contributed by atoms with Gasteiger partial charge in [-0.2, -0.15) is 0 Å². The van der Waals surface area contributed by atoms with Gasteiger partial charge in [-0.3, -0.25) is 9.69 Å². The number of hydrogen-bond donors (Lipinski definition) is 2. The third-order valence-electron chi connectivity index (χ3n) is 5.47. The van der Waals surface area contributed by atoms with Crippen molar-refractivity contribution in [2.75, 3.05) is 6.54 Å². The Labute approximate surface area is 173 Å². The summed E-state index contributed by atoms with van der Waals surface area (Å²) in [5.74, 6) is -0.730. The van der Waals surface area contributed by atoms with Crippen LogP contribution in [0, 0.1) is 5.82 Å². The van der Waals surface area contributed by atoms with Gasteiger partial charge in [-0.1, -0.05) is 29.5 Å². The number of aliphatic hydroxyl groups excluding tert-OH is 1. The molecule has 2 aromatic carbocycles. The van der Waals surface area contributed by atoms with Crippen molar-refractivity contribution < 1.29 is 14.3 Å². The van der Waals surface area contributed by atoms with Crippen LogP contribution in [0.4, 0.5) is 4.39 Å². The van der Waals surface area contributed by atoms with Gasteiger partial charge in [0.05, 0.1) is 23.7 Å². The number of primary amides is 1. The standard InChI is InChI=1S/C22H24FN5O2/c23-17-6-1-15(2-7-17)3-8-18-14-28(26-25-18)19-9-4-16(5-10-19)13-27-12-11-20(29)21(27)22(24)30/h1-2,4-7,9-10,14,20-21,29H,3,8,11-13H2,(H2,24,30)/t20-,21-/m0/s1. The summed E-state index contributed by atoms with van der Waals surface area (Å²) in [6, 6.07) is 13.7. The highest BCUT2D eigenvalue weighted by Crippen LogP contribution is 2.21. The van der Waals surface area contributed by atoms with Gasteiger partial charge in [0, 0.05) is 13.1 Å². The molecule has 0 aliphatic carbocycles. The fourth-order valence-electron chi connectivity index (χ4n) is 3.84. The lowest BCUT2D eigenvalue weighted by molar-refractivity contribution is -0.124. The molecule has 1 amide bonds. The van der Waals surface area contributed by atoms with Crippen molar-refractivity contribution in [3.8, 4) is 5.69 Å². The minimum Gasteiger partial charge on any atom is -0.391 e. The lowest BCUT2D eigenvalue weighted by Crippen LogP contribution is -2.45. The number of aryl methyl sites for hydroxylation is 2. The zero-order valence-electron chi connectivity index (χ0n) is 16.5. The van der Waals surface area contributed by atoms with Crippen molar-refractivity contribution in [2.24, 2.45) is 5.73 Å². The van der Waals surface area contributed by atoms with Crippen molar-refractivity contribution in [1.29, 1.82) is 0 Å². The minimum absolute atomic E-state index is 0.237. The van der Waals surface area contributed by atoms with E-state index >= 15 is 0 Å². The topological polar surface area (TPSA) is 97.3 Å². The van der Waals surface area contributed by atoms with Gasteiger partial charge in [-0.15, -0.1) is 5.10 Å². The van der Waals surface area contributed by atoms with Gasteiger partial charge < -0.3 is 10.8 Å². The van der Waals surface area contributed by atoms with Crippen LogP contribution in [0.3, 0.4) is 0 Å². The second-order valence-corrected chi connectivity index (χ2v) is 7.62. The van der Waals surface area contributed by atoms with Crippen LogP contribution < -0.4 is 5.73 Å². The summed E-state index contributed by atoms with van der Waals surface area (Å²) >= 11 is 0. The fraction of sp³-hybridized carbons (Fsp3) is 0.318. The molecule has 1 saturated heterocycles. The molecule has 3 aromatic rings. The summed E-state index contributed by atoms with van der Waals surface area (Å²) in [4.78, 5) is 13.5. The van der Waals surface area contributed by atoms with Crippen LogP contribution in [0.1, 0.15) is 23.2 Å². The van der Waals surface area contributed by atoms with Crippen LogP contribution in [-0.4, -0.2) is 49.6 Å². The largest absolute Gasteiger partial charge is 0.391 e. The predicted octanol–water partition coefficient (Wildman–Crippen LogP) is 1.61. The van der Waals surface area contributed by atoms with E-state index in [1.807, 2.05) is 35.4 Å². The Morgan fingerprint density at radius 3 is 2.50 bits per heavy atom. The van der Waals surface area contributed by atoms with Crippen LogP contribution in [0.2, 0.25) is 0 Å². The number of benzene rings is 2. The molecule has 156 valence electrons. The molecule has 2 heterocycles. The van der Waals surface area contributed by atoms with Crippen LogP contribution in [0.25, 0.3) is 5.69 Å². The minimum atomic E-state index is -0.703. The van der Waals surface area contributed by atoms with E-state index in [1.165, 1.54) is 12.1 Å². The van der Waals surface area contributed by atoms with E-state index in [-0.39, 0.29) is 5.82 Å². The maximum absolute atomic E-state index is 13.0. The van der Waals surface area contributed by atoms with Gasteiger partial charge in [-0.25, -0.2) is 9.07 Å². The number of nitrogens with zero attached hydrogens (tertiary/aromatic N) is 4. The molecule has 1 aromatic heterocycles. The number of aliphatic hydroxyl groups is 1. The van der Waals surface area contributed by atoms with Gasteiger partial charge in [-0.05, 0) is 54.7 Å². The van der Waals surface area contributed by atoms with E-state index in [4.69, 9.17) is 5.73 Å². The van der Waals surface area contributed by atoms with E-state index in [9.17, 15) is 14.3 Å². The molecule has 0 spiro atoms. The highest BCUT2D eigenvalue weighted by atomic mass is 19.1. The molecule has 1 fully saturated rings. The molecule has 0 saturated carbocycles.